The van der Waals surface area contributed by atoms with Gasteiger partial charge < -0.3 is 15.0 Å². The molecule has 3 saturated heterocycles. The van der Waals surface area contributed by atoms with Gasteiger partial charge in [-0.05, 0) is 50.0 Å². The number of nitrogens with one attached hydrogen (secondary N) is 1. The minimum atomic E-state index is 0.156. The first-order chi connectivity index (χ1) is 15.2. The molecule has 6 nitrogen and oxygen atoms in total. The molecule has 3 aliphatic rings. The Morgan fingerprint density at radius 2 is 1.71 bits per heavy atom. The van der Waals surface area contributed by atoms with Crippen molar-refractivity contribution >= 4 is 11.8 Å². The lowest BCUT2D eigenvalue weighted by molar-refractivity contribution is -0.140. The second kappa shape index (κ2) is 11.1. The van der Waals surface area contributed by atoms with Crippen LogP contribution < -0.4 is 5.32 Å². The van der Waals surface area contributed by atoms with Crippen molar-refractivity contribution in [2.24, 2.45) is 11.8 Å². The summed E-state index contributed by atoms with van der Waals surface area (Å²) in [4.78, 5) is 29.6. The van der Waals surface area contributed by atoms with Crippen LogP contribution >= 0.6 is 0 Å². The Hall–Kier alpha value is -1.92. The second-order valence-corrected chi connectivity index (χ2v) is 9.47. The number of nitrogens with zero attached hydrogens (tertiary/aromatic N) is 2. The molecule has 0 radical (unpaired) electrons. The van der Waals surface area contributed by atoms with E-state index in [2.05, 4.69) is 34.5 Å². The van der Waals surface area contributed by atoms with Crippen molar-refractivity contribution in [3.8, 4) is 0 Å². The van der Waals surface area contributed by atoms with Crippen molar-refractivity contribution in [1.82, 2.24) is 15.1 Å². The van der Waals surface area contributed by atoms with Gasteiger partial charge in [-0.15, -0.1) is 0 Å². The highest BCUT2D eigenvalue weighted by atomic mass is 16.5. The van der Waals surface area contributed by atoms with E-state index in [1.54, 1.807) is 0 Å². The molecule has 1 aromatic carbocycles. The summed E-state index contributed by atoms with van der Waals surface area (Å²) < 4.78 is 5.38. The highest BCUT2D eigenvalue weighted by Gasteiger charge is 2.30. The van der Waals surface area contributed by atoms with Crippen LogP contribution in [0.15, 0.2) is 30.3 Å². The summed E-state index contributed by atoms with van der Waals surface area (Å²) in [6.07, 6.45) is 6.35. The molecule has 31 heavy (non-hydrogen) atoms. The molecule has 170 valence electrons. The average molecular weight is 428 g/mol. The third-order valence-corrected chi connectivity index (χ3v) is 7.16. The number of ether oxygens (including phenoxy) is 1. The van der Waals surface area contributed by atoms with Crippen LogP contribution in [-0.4, -0.2) is 67.0 Å². The Morgan fingerprint density at radius 1 is 0.968 bits per heavy atom. The van der Waals surface area contributed by atoms with Crippen molar-refractivity contribution in [3.63, 3.8) is 0 Å². The van der Waals surface area contributed by atoms with Crippen molar-refractivity contribution in [2.75, 3.05) is 39.4 Å². The zero-order valence-electron chi connectivity index (χ0n) is 18.6. The van der Waals surface area contributed by atoms with E-state index < -0.39 is 0 Å². The first-order valence-corrected chi connectivity index (χ1v) is 12.1. The highest BCUT2D eigenvalue weighted by Crippen LogP contribution is 2.25. The molecule has 3 aliphatic heterocycles. The molecule has 0 aromatic heterocycles. The molecular formula is C25H37N3O3. The van der Waals surface area contributed by atoms with Gasteiger partial charge in [0.2, 0.25) is 11.8 Å². The van der Waals surface area contributed by atoms with E-state index in [0.29, 0.717) is 31.5 Å². The fourth-order valence-electron chi connectivity index (χ4n) is 5.22. The van der Waals surface area contributed by atoms with E-state index in [0.717, 1.165) is 71.2 Å². The quantitative estimate of drug-likeness (QED) is 0.727. The van der Waals surface area contributed by atoms with Gasteiger partial charge in [0.15, 0.2) is 0 Å². The number of benzene rings is 1. The summed E-state index contributed by atoms with van der Waals surface area (Å²) in [7, 11) is 0. The van der Waals surface area contributed by atoms with Gasteiger partial charge in [0.05, 0.1) is 0 Å². The largest absolute Gasteiger partial charge is 0.381 e. The van der Waals surface area contributed by atoms with Crippen molar-refractivity contribution in [3.05, 3.63) is 35.9 Å². The minimum Gasteiger partial charge on any atom is -0.381 e. The molecule has 1 aromatic rings. The van der Waals surface area contributed by atoms with Crippen LogP contribution in [0.25, 0.3) is 0 Å². The van der Waals surface area contributed by atoms with Gasteiger partial charge >= 0.3 is 0 Å². The van der Waals surface area contributed by atoms with Gasteiger partial charge in [0, 0.05) is 64.3 Å². The third-order valence-electron chi connectivity index (χ3n) is 7.16. The van der Waals surface area contributed by atoms with E-state index in [9.17, 15) is 9.59 Å². The average Bonchev–Trinajstić information content (AvgIpc) is 3.25. The van der Waals surface area contributed by atoms with Crippen LogP contribution in [0.3, 0.4) is 0 Å². The topological polar surface area (TPSA) is 61.9 Å². The zero-order valence-corrected chi connectivity index (χ0v) is 18.6. The van der Waals surface area contributed by atoms with Gasteiger partial charge in [0.1, 0.15) is 0 Å². The van der Waals surface area contributed by atoms with Crippen LogP contribution in [0.4, 0.5) is 0 Å². The molecule has 0 spiro atoms. The Kier molecular flexibility index (Phi) is 7.97. The van der Waals surface area contributed by atoms with Crippen LogP contribution in [0.1, 0.15) is 50.5 Å². The second-order valence-electron chi connectivity index (χ2n) is 9.47. The fourth-order valence-corrected chi connectivity index (χ4v) is 5.22. The number of rotatable bonds is 7. The Bertz CT molecular complexity index is 712. The van der Waals surface area contributed by atoms with Gasteiger partial charge in [-0.1, -0.05) is 30.3 Å². The summed E-state index contributed by atoms with van der Waals surface area (Å²) in [6, 6.07) is 10.8. The van der Waals surface area contributed by atoms with E-state index in [1.807, 2.05) is 11.0 Å². The smallest absolute Gasteiger partial charge is 0.225 e. The summed E-state index contributed by atoms with van der Waals surface area (Å²) in [5.41, 5.74) is 1.33. The molecule has 3 fully saturated rings. The molecule has 3 heterocycles. The van der Waals surface area contributed by atoms with Crippen LogP contribution in [0, 0.1) is 11.8 Å². The molecule has 1 atom stereocenters. The van der Waals surface area contributed by atoms with Gasteiger partial charge in [-0.25, -0.2) is 0 Å². The number of carbonyl (C=O) groups is 2. The standard InChI is InChI=1S/C25H37N3O3/c29-24(26-23-10-13-27(19-23)18-21-4-2-1-3-5-21)7-6-20-8-14-28(15-9-20)25(30)22-11-16-31-17-12-22/h1-5,20,22-23H,6-19H2,(H,26,29)/t23-/m0/s1. The predicted molar refractivity (Wildman–Crippen MR) is 120 cm³/mol. The number of amides is 2. The maximum Gasteiger partial charge on any atom is 0.225 e. The number of likely N-dealkylation sites (tertiary alicyclic amines) is 2. The third kappa shape index (κ3) is 6.53. The van der Waals surface area contributed by atoms with E-state index >= 15 is 0 Å². The maximum absolute atomic E-state index is 12.7. The Labute approximate surface area is 186 Å². The number of hydrogen-bond acceptors (Lipinski definition) is 4. The Morgan fingerprint density at radius 3 is 2.45 bits per heavy atom. The molecule has 0 aliphatic carbocycles. The van der Waals surface area contributed by atoms with Crippen molar-refractivity contribution in [2.45, 2.75) is 57.5 Å². The summed E-state index contributed by atoms with van der Waals surface area (Å²) in [6.45, 7) is 6.06. The first-order valence-electron chi connectivity index (χ1n) is 12.1. The fraction of sp³-hybridized carbons (Fsp3) is 0.680. The molecule has 1 N–H and O–H groups in total. The maximum atomic E-state index is 12.7. The van der Waals surface area contributed by atoms with Crippen LogP contribution in [-0.2, 0) is 20.9 Å². The Balaban J connectivity index is 1.11. The predicted octanol–water partition coefficient (Wildman–Crippen LogP) is 2.82. The lowest BCUT2D eigenvalue weighted by Crippen LogP contribution is -2.43. The van der Waals surface area contributed by atoms with Crippen LogP contribution in [0.2, 0.25) is 0 Å². The van der Waals surface area contributed by atoms with E-state index in [4.69, 9.17) is 4.74 Å². The molecule has 0 unspecified atom stereocenters. The summed E-state index contributed by atoms with van der Waals surface area (Å²) >= 11 is 0. The lowest BCUT2D eigenvalue weighted by atomic mass is 9.90. The highest BCUT2D eigenvalue weighted by molar-refractivity contribution is 5.79. The van der Waals surface area contributed by atoms with Gasteiger partial charge in [-0.2, -0.15) is 0 Å². The monoisotopic (exact) mass is 427 g/mol. The van der Waals surface area contributed by atoms with Crippen molar-refractivity contribution < 1.29 is 14.3 Å². The minimum absolute atomic E-state index is 0.156. The van der Waals surface area contributed by atoms with E-state index in [1.165, 1.54) is 5.56 Å². The zero-order chi connectivity index (χ0) is 21.5. The summed E-state index contributed by atoms with van der Waals surface area (Å²) in [5.74, 6) is 1.22. The van der Waals surface area contributed by atoms with Crippen LogP contribution in [0.5, 0.6) is 0 Å². The molecular weight excluding hydrogens is 390 g/mol. The van der Waals surface area contributed by atoms with Gasteiger partial charge in [-0.3, -0.25) is 14.5 Å². The number of hydrogen-bond donors (Lipinski definition) is 1. The molecule has 4 rings (SSSR count). The molecule has 0 bridgehead atoms. The SMILES string of the molecule is O=C(CCC1CCN(C(=O)C2CCOCC2)CC1)N[C@H]1CCN(Cc2ccccc2)C1. The normalized spacial score (nSPS) is 23.7. The summed E-state index contributed by atoms with van der Waals surface area (Å²) in [5, 5.41) is 3.25. The number of carbonyl (C=O) groups excluding carboxylic acids is 2. The lowest BCUT2D eigenvalue weighted by Gasteiger charge is -2.35. The molecule has 2 amide bonds. The van der Waals surface area contributed by atoms with Crippen molar-refractivity contribution in [1.29, 1.82) is 0 Å². The first kappa shape index (κ1) is 22.3. The molecule has 0 saturated carbocycles. The molecule has 6 heteroatoms. The van der Waals surface area contributed by atoms with Gasteiger partial charge in [0.25, 0.3) is 0 Å². The van der Waals surface area contributed by atoms with E-state index in [-0.39, 0.29) is 17.9 Å². The number of piperidine rings is 1.